The first-order chi connectivity index (χ1) is 18.8. The van der Waals surface area contributed by atoms with Gasteiger partial charge in [0.1, 0.15) is 24.6 Å². The van der Waals surface area contributed by atoms with Crippen molar-refractivity contribution >= 4 is 23.9 Å². The monoisotopic (exact) mass is 535 g/mol. The fraction of sp³-hybridized carbons (Fsp3) is 0.214. The smallest absolute Gasteiger partial charge is 0.327 e. The van der Waals surface area contributed by atoms with E-state index < -0.39 is 11.8 Å². The number of nitrogens with zero attached hydrogens (tertiary/aromatic N) is 3. The highest BCUT2D eigenvalue weighted by molar-refractivity contribution is 6.02. The zero-order valence-electron chi connectivity index (χ0n) is 21.7. The molecule has 0 amide bonds. The van der Waals surface area contributed by atoms with Crippen LogP contribution >= 0.6 is 0 Å². The number of methoxy groups -OCH3 is 2. The molecular weight excluding hydrogens is 506 g/mol. The lowest BCUT2D eigenvalue weighted by atomic mass is 10.1. The summed E-state index contributed by atoms with van der Waals surface area (Å²) in [4.78, 5) is 23.7. The predicted octanol–water partition coefficient (Wildman–Crippen LogP) is 3.88. The van der Waals surface area contributed by atoms with Crippen molar-refractivity contribution in [2.24, 2.45) is 0 Å². The number of ketones is 1. The van der Waals surface area contributed by atoms with E-state index in [2.05, 4.69) is 10.3 Å². The first-order valence-electron chi connectivity index (χ1n) is 11.8. The number of aromatic hydroxyl groups is 1. The van der Waals surface area contributed by atoms with Gasteiger partial charge in [-0.25, -0.2) is 4.68 Å². The molecule has 1 heterocycles. The van der Waals surface area contributed by atoms with Gasteiger partial charge in [-0.15, -0.1) is 5.10 Å². The number of carbonyl (C=O) groups is 2. The van der Waals surface area contributed by atoms with E-state index in [1.807, 2.05) is 0 Å². The van der Waals surface area contributed by atoms with Crippen molar-refractivity contribution in [3.8, 4) is 23.0 Å². The van der Waals surface area contributed by atoms with Gasteiger partial charge in [0.25, 0.3) is 0 Å². The summed E-state index contributed by atoms with van der Waals surface area (Å²) in [7, 11) is 2.93. The van der Waals surface area contributed by atoms with Gasteiger partial charge in [-0.05, 0) is 54.5 Å². The molecule has 0 spiro atoms. The molecule has 0 unspecified atom stereocenters. The number of rotatable bonds is 13. The number of esters is 1. The minimum atomic E-state index is -0.426. The summed E-state index contributed by atoms with van der Waals surface area (Å²) < 4.78 is 22.5. The summed E-state index contributed by atoms with van der Waals surface area (Å²) in [6.07, 6.45) is 8.50. The molecule has 1 aromatic heterocycles. The summed E-state index contributed by atoms with van der Waals surface area (Å²) >= 11 is 0. The number of hydrogen-bond acceptors (Lipinski definition) is 10. The van der Waals surface area contributed by atoms with Gasteiger partial charge in [0, 0.05) is 6.08 Å². The third kappa shape index (κ3) is 8.78. The van der Waals surface area contributed by atoms with E-state index in [4.69, 9.17) is 18.9 Å². The van der Waals surface area contributed by atoms with E-state index in [1.54, 1.807) is 55.6 Å². The number of allylic oxidation sites excluding steroid dienone is 3. The van der Waals surface area contributed by atoms with Gasteiger partial charge in [-0.1, -0.05) is 29.5 Å². The molecule has 0 aliphatic heterocycles. The van der Waals surface area contributed by atoms with Gasteiger partial charge in [0.2, 0.25) is 0 Å². The van der Waals surface area contributed by atoms with Crippen LogP contribution in [-0.4, -0.2) is 57.8 Å². The maximum atomic E-state index is 12.2. The SMILES string of the molecule is CCOC(=O)Cn1cc(COc2ccc(/C=C/C(O)=C/C(=O)/C=C/c3ccc(O)c(OC)c3)cc2OC)nn1. The molecule has 0 bridgehead atoms. The summed E-state index contributed by atoms with van der Waals surface area (Å²) in [6.45, 7) is 2.08. The van der Waals surface area contributed by atoms with Gasteiger partial charge in [0.05, 0.1) is 27.0 Å². The summed E-state index contributed by atoms with van der Waals surface area (Å²) in [5, 5.41) is 27.6. The Hall–Kier alpha value is -5.06. The van der Waals surface area contributed by atoms with Gasteiger partial charge in [0.15, 0.2) is 28.8 Å². The molecule has 11 heteroatoms. The van der Waals surface area contributed by atoms with Crippen molar-refractivity contribution in [3.05, 3.63) is 83.4 Å². The van der Waals surface area contributed by atoms with Crippen molar-refractivity contribution < 1.29 is 38.7 Å². The van der Waals surface area contributed by atoms with Crippen molar-refractivity contribution in [2.75, 3.05) is 20.8 Å². The second-order valence-electron chi connectivity index (χ2n) is 7.98. The highest BCUT2D eigenvalue weighted by Crippen LogP contribution is 2.29. The summed E-state index contributed by atoms with van der Waals surface area (Å²) in [6, 6.07) is 9.82. The van der Waals surface area contributed by atoms with E-state index in [1.165, 1.54) is 37.1 Å². The van der Waals surface area contributed by atoms with Crippen LogP contribution in [0.15, 0.2) is 66.6 Å². The van der Waals surface area contributed by atoms with Crippen molar-refractivity contribution in [3.63, 3.8) is 0 Å². The Morgan fingerprint density at radius 2 is 1.67 bits per heavy atom. The lowest BCUT2D eigenvalue weighted by Gasteiger charge is -2.10. The number of phenolic OH excluding ortho intramolecular Hbond substituents is 1. The second kappa shape index (κ2) is 14.0. The Bertz CT molecular complexity index is 1390. The van der Waals surface area contributed by atoms with Crippen LogP contribution in [0.3, 0.4) is 0 Å². The predicted molar refractivity (Wildman–Crippen MR) is 142 cm³/mol. The van der Waals surface area contributed by atoms with Crippen LogP contribution in [0, 0.1) is 0 Å². The van der Waals surface area contributed by atoms with E-state index in [0.29, 0.717) is 28.3 Å². The van der Waals surface area contributed by atoms with Crippen molar-refractivity contribution in [2.45, 2.75) is 20.1 Å². The van der Waals surface area contributed by atoms with Crippen LogP contribution in [-0.2, 0) is 27.5 Å². The fourth-order valence-electron chi connectivity index (χ4n) is 3.28. The molecule has 0 radical (unpaired) electrons. The molecule has 204 valence electrons. The maximum Gasteiger partial charge on any atom is 0.327 e. The largest absolute Gasteiger partial charge is 0.508 e. The molecule has 0 atom stereocenters. The zero-order chi connectivity index (χ0) is 28.2. The first-order valence-corrected chi connectivity index (χ1v) is 11.8. The van der Waals surface area contributed by atoms with E-state index >= 15 is 0 Å². The molecule has 0 saturated heterocycles. The average Bonchev–Trinajstić information content (AvgIpc) is 3.37. The van der Waals surface area contributed by atoms with Crippen LogP contribution in [0.25, 0.3) is 12.2 Å². The minimum absolute atomic E-state index is 0.00304. The van der Waals surface area contributed by atoms with Crippen LogP contribution in [0.4, 0.5) is 0 Å². The van der Waals surface area contributed by atoms with E-state index in [9.17, 15) is 19.8 Å². The van der Waals surface area contributed by atoms with Gasteiger partial charge in [-0.3, -0.25) is 9.59 Å². The average molecular weight is 536 g/mol. The van der Waals surface area contributed by atoms with Gasteiger partial charge < -0.3 is 29.2 Å². The molecule has 0 fully saturated rings. The van der Waals surface area contributed by atoms with Crippen molar-refractivity contribution in [1.82, 2.24) is 15.0 Å². The van der Waals surface area contributed by atoms with Crippen LogP contribution in [0.5, 0.6) is 23.0 Å². The second-order valence-corrected chi connectivity index (χ2v) is 7.98. The molecule has 2 aromatic carbocycles. The topological polar surface area (TPSA) is 142 Å². The molecule has 0 aliphatic rings. The molecule has 3 aromatic rings. The number of hydrogen-bond donors (Lipinski definition) is 2. The molecule has 2 N–H and O–H groups in total. The third-order valence-electron chi connectivity index (χ3n) is 5.13. The maximum absolute atomic E-state index is 12.2. The van der Waals surface area contributed by atoms with Crippen LogP contribution in [0.1, 0.15) is 23.7 Å². The number of phenols is 1. The highest BCUT2D eigenvalue weighted by Gasteiger charge is 2.10. The standard InChI is InChI=1S/C28H29N3O8/c1-4-38-28(35)17-31-16-21(29-30-31)18-39-25-12-8-20(14-27(25)37-3)6-10-23(33)15-22(32)9-5-19-7-11-24(34)26(13-19)36-2/h5-16,33-34H,4,17-18H2,1-3H3/b9-5+,10-6+,23-15-. The molecule has 3 rings (SSSR count). The van der Waals surface area contributed by atoms with Crippen LogP contribution in [0.2, 0.25) is 0 Å². The fourth-order valence-corrected chi connectivity index (χ4v) is 3.28. The summed E-state index contributed by atoms with van der Waals surface area (Å²) in [5.41, 5.74) is 1.86. The quantitative estimate of drug-likeness (QED) is 0.143. The Kier molecular flexibility index (Phi) is 10.3. The van der Waals surface area contributed by atoms with Crippen LogP contribution < -0.4 is 14.2 Å². The lowest BCUT2D eigenvalue weighted by molar-refractivity contribution is -0.144. The summed E-state index contributed by atoms with van der Waals surface area (Å²) in [5.74, 6) is 0.122. The normalized spacial score (nSPS) is 11.6. The van der Waals surface area contributed by atoms with Gasteiger partial charge >= 0.3 is 5.97 Å². The number of aromatic nitrogens is 3. The van der Waals surface area contributed by atoms with Crippen molar-refractivity contribution in [1.29, 1.82) is 0 Å². The number of aliphatic hydroxyl groups is 1. The van der Waals surface area contributed by atoms with E-state index in [0.717, 1.165) is 6.08 Å². The Morgan fingerprint density at radius 3 is 2.38 bits per heavy atom. The lowest BCUT2D eigenvalue weighted by Crippen LogP contribution is -2.13. The Morgan fingerprint density at radius 1 is 0.974 bits per heavy atom. The zero-order valence-corrected chi connectivity index (χ0v) is 21.7. The Labute approximate surface area is 225 Å². The highest BCUT2D eigenvalue weighted by atomic mass is 16.5. The van der Waals surface area contributed by atoms with Gasteiger partial charge in [-0.2, -0.15) is 0 Å². The van der Waals surface area contributed by atoms with E-state index in [-0.39, 0.29) is 37.0 Å². The molecular formula is C28H29N3O8. The number of carbonyl (C=O) groups excluding carboxylic acids is 2. The molecule has 0 aliphatic carbocycles. The number of benzene rings is 2. The third-order valence-corrected chi connectivity index (χ3v) is 5.13. The molecule has 11 nitrogen and oxygen atoms in total. The Balaban J connectivity index is 1.58. The molecule has 0 saturated carbocycles. The number of aliphatic hydroxyl groups excluding tert-OH is 1. The first kappa shape index (κ1) is 28.5. The molecule has 39 heavy (non-hydrogen) atoms. The minimum Gasteiger partial charge on any atom is -0.508 e. The number of ether oxygens (including phenoxy) is 4.